The smallest absolute Gasteiger partial charge is 0.253 e. The van der Waals surface area contributed by atoms with E-state index in [1.807, 2.05) is 12.1 Å². The highest BCUT2D eigenvalue weighted by Crippen LogP contribution is 2.24. The lowest BCUT2D eigenvalue weighted by molar-refractivity contribution is -0.121. The minimum Gasteiger partial charge on any atom is -0.386 e. The Bertz CT molecular complexity index is 792. The normalized spacial score (nSPS) is 13.0. The predicted molar refractivity (Wildman–Crippen MR) is 102 cm³/mol. The molecule has 8 heteroatoms. The second-order valence-corrected chi connectivity index (χ2v) is 6.93. The van der Waals surface area contributed by atoms with Gasteiger partial charge in [0.05, 0.1) is 12.1 Å². The maximum Gasteiger partial charge on any atom is 0.253 e. The van der Waals surface area contributed by atoms with Crippen LogP contribution in [0.15, 0.2) is 42.6 Å². The summed E-state index contributed by atoms with van der Waals surface area (Å²) in [7, 11) is 0. The van der Waals surface area contributed by atoms with Crippen molar-refractivity contribution in [1.29, 1.82) is 5.26 Å². The van der Waals surface area contributed by atoms with Gasteiger partial charge in [-0.3, -0.25) is 9.78 Å². The first-order valence-corrected chi connectivity index (χ1v) is 9.08. The van der Waals surface area contributed by atoms with Gasteiger partial charge in [-0.25, -0.2) is 4.39 Å². The highest BCUT2D eigenvalue weighted by molar-refractivity contribution is 6.53. The van der Waals surface area contributed by atoms with Crippen LogP contribution in [0.25, 0.3) is 11.1 Å². The molecule has 0 unspecified atom stereocenters. The highest BCUT2D eigenvalue weighted by atomic mass is 35.5. The number of nitrogens with zero attached hydrogens (tertiary/aromatic N) is 2. The van der Waals surface area contributed by atoms with E-state index in [1.165, 1.54) is 0 Å². The Kier molecular flexibility index (Phi) is 7.99. The van der Waals surface area contributed by atoms with Crippen LogP contribution in [0.1, 0.15) is 23.8 Å². The van der Waals surface area contributed by atoms with Crippen LogP contribution in [0.4, 0.5) is 4.39 Å². The van der Waals surface area contributed by atoms with E-state index in [1.54, 1.807) is 30.5 Å². The van der Waals surface area contributed by atoms with Crippen LogP contribution < -0.4 is 5.32 Å². The molecule has 2 aromatic rings. The van der Waals surface area contributed by atoms with E-state index in [0.717, 1.165) is 16.8 Å². The summed E-state index contributed by atoms with van der Waals surface area (Å²) in [5.74, 6) is -0.765. The number of hydrogen-bond acceptors (Lipinski definition) is 4. The van der Waals surface area contributed by atoms with Crippen molar-refractivity contribution < 1.29 is 14.3 Å². The maximum atomic E-state index is 13.2. The number of aryl methyl sites for hydroxylation is 1. The number of pyridine rings is 1. The second-order valence-electron chi connectivity index (χ2n) is 5.83. The molecule has 2 rings (SSSR count). The Balaban J connectivity index is 2.09. The van der Waals surface area contributed by atoms with Crippen molar-refractivity contribution in [1.82, 2.24) is 10.3 Å². The summed E-state index contributed by atoms with van der Waals surface area (Å²) < 4.78 is 13.2. The summed E-state index contributed by atoms with van der Waals surface area (Å²) in [5.41, 5.74) is 3.03. The largest absolute Gasteiger partial charge is 0.386 e. The standard InChI is InChI=1S/C19H18Cl2FN3O2/c20-18(21)19(27)25-16(10-22)17(26)13-5-3-12(4-6-13)14-7-8-15(24-11-14)2-1-9-23/h3-8,11,16-18,26H,1-2,10H2,(H,25,27)/t16-,17+/m1/s1. The van der Waals surface area contributed by atoms with Crippen molar-refractivity contribution in [3.8, 4) is 17.2 Å². The van der Waals surface area contributed by atoms with E-state index < -0.39 is 29.6 Å². The molecule has 1 aromatic carbocycles. The molecule has 142 valence electrons. The molecule has 1 amide bonds. The third-order valence-electron chi connectivity index (χ3n) is 3.98. The Morgan fingerprint density at radius 1 is 1.22 bits per heavy atom. The van der Waals surface area contributed by atoms with Gasteiger partial charge < -0.3 is 10.4 Å². The minimum atomic E-state index is -1.34. The van der Waals surface area contributed by atoms with Gasteiger partial charge in [0.15, 0.2) is 4.84 Å². The predicted octanol–water partition coefficient (Wildman–Crippen LogP) is 3.50. The Morgan fingerprint density at radius 2 is 1.89 bits per heavy atom. The van der Waals surface area contributed by atoms with Crippen molar-refractivity contribution >= 4 is 29.1 Å². The average Bonchev–Trinajstić information content (AvgIpc) is 2.70. The molecule has 0 aliphatic carbocycles. The van der Waals surface area contributed by atoms with Crippen molar-refractivity contribution in [2.45, 2.75) is 29.8 Å². The fourth-order valence-corrected chi connectivity index (χ4v) is 2.61. The average molecular weight is 410 g/mol. The Labute approximate surface area is 166 Å². The first kappa shape index (κ1) is 21.1. The van der Waals surface area contributed by atoms with Crippen molar-refractivity contribution in [2.75, 3.05) is 6.67 Å². The summed E-state index contributed by atoms with van der Waals surface area (Å²) in [6.07, 6.45) is 1.49. The van der Waals surface area contributed by atoms with Gasteiger partial charge in [-0.2, -0.15) is 5.26 Å². The van der Waals surface area contributed by atoms with Gasteiger partial charge in [0.25, 0.3) is 5.91 Å². The molecule has 0 bridgehead atoms. The van der Waals surface area contributed by atoms with Gasteiger partial charge in [-0.15, -0.1) is 0 Å². The fraction of sp³-hybridized carbons (Fsp3) is 0.316. The van der Waals surface area contributed by atoms with Crippen molar-refractivity contribution in [2.24, 2.45) is 0 Å². The lowest BCUT2D eigenvalue weighted by Gasteiger charge is -2.22. The number of hydrogen-bond donors (Lipinski definition) is 2. The van der Waals surface area contributed by atoms with E-state index in [2.05, 4.69) is 16.4 Å². The molecule has 2 N–H and O–H groups in total. The van der Waals surface area contributed by atoms with Crippen LogP contribution in [-0.4, -0.2) is 33.6 Å². The summed E-state index contributed by atoms with van der Waals surface area (Å²) in [6, 6.07) is 11.5. The van der Waals surface area contributed by atoms with Gasteiger partial charge in [0.2, 0.25) is 0 Å². The first-order chi connectivity index (χ1) is 13.0. The number of halogens is 3. The Hall–Kier alpha value is -2.20. The number of carbonyl (C=O) groups excluding carboxylic acids is 1. The fourth-order valence-electron chi connectivity index (χ4n) is 2.48. The van der Waals surface area contributed by atoms with Gasteiger partial charge >= 0.3 is 0 Å². The molecule has 0 fully saturated rings. The zero-order chi connectivity index (χ0) is 19.8. The van der Waals surface area contributed by atoms with E-state index in [4.69, 9.17) is 28.5 Å². The number of alkyl halides is 3. The Morgan fingerprint density at radius 3 is 2.41 bits per heavy atom. The lowest BCUT2D eigenvalue weighted by atomic mass is 9.99. The minimum absolute atomic E-state index is 0.416. The summed E-state index contributed by atoms with van der Waals surface area (Å²) >= 11 is 10.9. The lowest BCUT2D eigenvalue weighted by Crippen LogP contribution is -2.43. The number of nitrogens with one attached hydrogen (secondary N) is 1. The van der Waals surface area contributed by atoms with Gasteiger partial charge in [0, 0.05) is 30.3 Å². The summed E-state index contributed by atoms with van der Waals surface area (Å²) in [6.45, 7) is -0.969. The number of benzene rings is 1. The molecule has 0 radical (unpaired) electrons. The molecule has 0 aliphatic rings. The molecule has 0 saturated carbocycles. The number of aromatic nitrogens is 1. The number of aliphatic hydroxyl groups is 1. The van der Waals surface area contributed by atoms with Crippen LogP contribution >= 0.6 is 23.2 Å². The molecular formula is C19H18Cl2FN3O2. The van der Waals surface area contributed by atoms with E-state index in [0.29, 0.717) is 18.4 Å². The van der Waals surface area contributed by atoms with E-state index in [-0.39, 0.29) is 0 Å². The molecule has 2 atom stereocenters. The molecular weight excluding hydrogens is 392 g/mol. The van der Waals surface area contributed by atoms with Gasteiger partial charge in [-0.1, -0.05) is 53.5 Å². The molecule has 5 nitrogen and oxygen atoms in total. The first-order valence-electron chi connectivity index (χ1n) is 8.21. The maximum absolute atomic E-state index is 13.2. The van der Waals surface area contributed by atoms with Crippen LogP contribution in [0.3, 0.4) is 0 Å². The van der Waals surface area contributed by atoms with Crippen LogP contribution in [0, 0.1) is 11.3 Å². The number of aliphatic hydroxyl groups excluding tert-OH is 1. The molecule has 0 spiro atoms. The second kappa shape index (κ2) is 10.2. The van der Waals surface area contributed by atoms with Crippen LogP contribution in [0.2, 0.25) is 0 Å². The van der Waals surface area contributed by atoms with Crippen LogP contribution in [0.5, 0.6) is 0 Å². The SMILES string of the molecule is N#CCCc1ccc(-c2ccc([C@H](O)[C@@H](CF)NC(=O)C(Cl)Cl)cc2)cn1. The quantitative estimate of drug-likeness (QED) is 0.653. The highest BCUT2D eigenvalue weighted by Gasteiger charge is 2.25. The topological polar surface area (TPSA) is 86.0 Å². The number of carbonyl (C=O) groups is 1. The van der Waals surface area contributed by atoms with E-state index >= 15 is 0 Å². The molecule has 1 aromatic heterocycles. The third-order valence-corrected chi connectivity index (χ3v) is 4.37. The van der Waals surface area contributed by atoms with Gasteiger partial charge in [-0.05, 0) is 17.2 Å². The number of rotatable bonds is 8. The molecule has 27 heavy (non-hydrogen) atoms. The van der Waals surface area contributed by atoms with Crippen molar-refractivity contribution in [3.63, 3.8) is 0 Å². The third kappa shape index (κ3) is 5.90. The van der Waals surface area contributed by atoms with E-state index in [9.17, 15) is 14.3 Å². The summed E-state index contributed by atoms with van der Waals surface area (Å²) in [4.78, 5) is 14.5. The van der Waals surface area contributed by atoms with Gasteiger partial charge in [0.1, 0.15) is 12.8 Å². The van der Waals surface area contributed by atoms with Crippen LogP contribution in [-0.2, 0) is 11.2 Å². The molecule has 0 aliphatic heterocycles. The zero-order valence-electron chi connectivity index (χ0n) is 14.3. The number of amides is 1. The summed E-state index contributed by atoms with van der Waals surface area (Å²) in [5, 5.41) is 21.2. The zero-order valence-corrected chi connectivity index (χ0v) is 15.8. The molecule has 1 heterocycles. The monoisotopic (exact) mass is 409 g/mol. The van der Waals surface area contributed by atoms with Crippen molar-refractivity contribution in [3.05, 3.63) is 53.9 Å². The number of nitriles is 1. The molecule has 0 saturated heterocycles.